The van der Waals surface area contributed by atoms with Crippen molar-refractivity contribution in [2.75, 3.05) is 13.1 Å². The van der Waals surface area contributed by atoms with Crippen LogP contribution in [0.4, 0.5) is 8.78 Å². The molecule has 3 rings (SSSR count). The zero-order valence-electron chi connectivity index (χ0n) is 11.3. The number of thiazole rings is 1. The molecule has 110 valence electrons. The fraction of sp³-hybridized carbons (Fsp3) is 0.333. The van der Waals surface area contributed by atoms with Crippen molar-refractivity contribution in [1.82, 2.24) is 9.88 Å². The SMILES string of the molecule is O=C(c1cccc(F)c1F)N1CC[C@@H](Cc2nccs2)C1. The number of amides is 1. The van der Waals surface area contributed by atoms with E-state index in [2.05, 4.69) is 4.98 Å². The highest BCUT2D eigenvalue weighted by molar-refractivity contribution is 7.09. The molecule has 2 heterocycles. The van der Waals surface area contributed by atoms with E-state index < -0.39 is 17.5 Å². The molecule has 1 atom stereocenters. The van der Waals surface area contributed by atoms with Gasteiger partial charge in [-0.1, -0.05) is 6.07 Å². The van der Waals surface area contributed by atoms with Crippen LogP contribution in [0.1, 0.15) is 21.8 Å². The molecule has 0 saturated carbocycles. The van der Waals surface area contributed by atoms with Gasteiger partial charge in [0.05, 0.1) is 10.6 Å². The molecule has 0 unspecified atom stereocenters. The lowest BCUT2D eigenvalue weighted by Gasteiger charge is -2.17. The highest BCUT2D eigenvalue weighted by atomic mass is 32.1. The largest absolute Gasteiger partial charge is 0.338 e. The van der Waals surface area contributed by atoms with Crippen LogP contribution in [0.3, 0.4) is 0 Å². The second-order valence-electron chi connectivity index (χ2n) is 5.14. The number of hydrogen-bond acceptors (Lipinski definition) is 3. The van der Waals surface area contributed by atoms with E-state index in [-0.39, 0.29) is 5.56 Å². The van der Waals surface area contributed by atoms with E-state index in [0.29, 0.717) is 19.0 Å². The molecule has 0 N–H and O–H groups in total. The molecule has 0 spiro atoms. The minimum Gasteiger partial charge on any atom is -0.338 e. The first kappa shape index (κ1) is 14.1. The molecule has 6 heteroatoms. The summed E-state index contributed by atoms with van der Waals surface area (Å²) in [6.45, 7) is 1.14. The molecule has 0 bridgehead atoms. The number of hydrogen-bond donors (Lipinski definition) is 0. The number of benzene rings is 1. The molecule has 1 amide bonds. The van der Waals surface area contributed by atoms with Gasteiger partial charge in [-0.05, 0) is 24.5 Å². The molecule has 1 aliphatic heterocycles. The third-order valence-electron chi connectivity index (χ3n) is 3.70. The third kappa shape index (κ3) is 2.95. The van der Waals surface area contributed by atoms with Gasteiger partial charge in [-0.2, -0.15) is 0 Å². The number of carbonyl (C=O) groups excluding carboxylic acids is 1. The van der Waals surface area contributed by atoms with Crippen molar-refractivity contribution >= 4 is 17.2 Å². The average molecular weight is 308 g/mol. The van der Waals surface area contributed by atoms with E-state index in [0.717, 1.165) is 23.9 Å². The van der Waals surface area contributed by atoms with Crippen molar-refractivity contribution in [3.8, 4) is 0 Å². The summed E-state index contributed by atoms with van der Waals surface area (Å²) in [5, 5.41) is 2.97. The van der Waals surface area contributed by atoms with E-state index in [1.165, 1.54) is 12.1 Å². The molecule has 1 aromatic heterocycles. The highest BCUT2D eigenvalue weighted by Gasteiger charge is 2.29. The first-order valence-corrected chi connectivity index (χ1v) is 7.65. The Labute approximate surface area is 125 Å². The second kappa shape index (κ2) is 5.89. The molecule has 0 aliphatic carbocycles. The number of likely N-dealkylation sites (tertiary alicyclic amines) is 1. The van der Waals surface area contributed by atoms with Crippen LogP contribution in [0.25, 0.3) is 0 Å². The van der Waals surface area contributed by atoms with Crippen LogP contribution in [0, 0.1) is 17.6 Å². The molecule has 1 fully saturated rings. The Hall–Kier alpha value is -1.82. The molecule has 1 saturated heterocycles. The van der Waals surface area contributed by atoms with Gasteiger partial charge in [-0.25, -0.2) is 13.8 Å². The van der Waals surface area contributed by atoms with E-state index >= 15 is 0 Å². The quantitative estimate of drug-likeness (QED) is 0.873. The van der Waals surface area contributed by atoms with Gasteiger partial charge in [0.1, 0.15) is 0 Å². The molecule has 0 radical (unpaired) electrons. The maximum Gasteiger partial charge on any atom is 0.256 e. The molecular formula is C15H14F2N2OS. The Kier molecular flexibility index (Phi) is 3.96. The van der Waals surface area contributed by atoms with Crippen molar-refractivity contribution in [3.63, 3.8) is 0 Å². The summed E-state index contributed by atoms with van der Waals surface area (Å²) in [4.78, 5) is 18.1. The topological polar surface area (TPSA) is 33.2 Å². The van der Waals surface area contributed by atoms with Gasteiger partial charge >= 0.3 is 0 Å². The number of carbonyl (C=O) groups is 1. The van der Waals surface area contributed by atoms with Crippen LogP contribution in [-0.4, -0.2) is 28.9 Å². The molecule has 21 heavy (non-hydrogen) atoms. The summed E-state index contributed by atoms with van der Waals surface area (Å²) in [5.74, 6) is -2.16. The van der Waals surface area contributed by atoms with Gasteiger partial charge < -0.3 is 4.90 Å². The van der Waals surface area contributed by atoms with E-state index in [1.54, 1.807) is 22.4 Å². The lowest BCUT2D eigenvalue weighted by molar-refractivity contribution is 0.0781. The van der Waals surface area contributed by atoms with Crippen LogP contribution in [0.2, 0.25) is 0 Å². The lowest BCUT2D eigenvalue weighted by atomic mass is 10.1. The fourth-order valence-electron chi connectivity index (χ4n) is 2.62. The van der Waals surface area contributed by atoms with E-state index in [4.69, 9.17) is 0 Å². The van der Waals surface area contributed by atoms with Crippen molar-refractivity contribution in [1.29, 1.82) is 0 Å². The van der Waals surface area contributed by atoms with Crippen molar-refractivity contribution < 1.29 is 13.6 Å². The van der Waals surface area contributed by atoms with Crippen LogP contribution in [-0.2, 0) is 6.42 Å². The molecule has 1 aromatic carbocycles. The minimum absolute atomic E-state index is 0.190. The van der Waals surface area contributed by atoms with Gasteiger partial charge in [0.2, 0.25) is 0 Å². The van der Waals surface area contributed by atoms with Gasteiger partial charge in [0.15, 0.2) is 11.6 Å². The fourth-order valence-corrected chi connectivity index (χ4v) is 3.36. The smallest absolute Gasteiger partial charge is 0.256 e. The Morgan fingerprint density at radius 3 is 3.05 bits per heavy atom. The molecule has 2 aromatic rings. The maximum atomic E-state index is 13.7. The Morgan fingerprint density at radius 1 is 1.43 bits per heavy atom. The molecule has 1 aliphatic rings. The molecular weight excluding hydrogens is 294 g/mol. The number of aromatic nitrogens is 1. The standard InChI is InChI=1S/C15H14F2N2OS/c16-12-3-1-2-11(14(12)17)15(20)19-6-4-10(9-19)8-13-18-5-7-21-13/h1-3,5,7,10H,4,6,8-9H2/t10-/m0/s1. The monoisotopic (exact) mass is 308 g/mol. The summed E-state index contributed by atoms with van der Waals surface area (Å²) >= 11 is 1.60. The predicted octanol–water partition coefficient (Wildman–Crippen LogP) is 3.13. The van der Waals surface area contributed by atoms with E-state index in [1.807, 2.05) is 5.38 Å². The third-order valence-corrected chi connectivity index (χ3v) is 4.50. The average Bonchev–Trinajstić information content (AvgIpc) is 3.13. The highest BCUT2D eigenvalue weighted by Crippen LogP contribution is 2.24. The predicted molar refractivity (Wildman–Crippen MR) is 76.2 cm³/mol. The summed E-state index contributed by atoms with van der Waals surface area (Å²) < 4.78 is 26.9. The second-order valence-corrected chi connectivity index (χ2v) is 6.12. The first-order chi connectivity index (χ1) is 10.1. The number of halogens is 2. The Morgan fingerprint density at radius 2 is 2.29 bits per heavy atom. The van der Waals surface area contributed by atoms with Gasteiger partial charge in [-0.15, -0.1) is 11.3 Å². The van der Waals surface area contributed by atoms with Crippen molar-refractivity contribution in [3.05, 3.63) is 52.0 Å². The van der Waals surface area contributed by atoms with Crippen molar-refractivity contribution in [2.45, 2.75) is 12.8 Å². The Bertz CT molecular complexity index is 645. The summed E-state index contributed by atoms with van der Waals surface area (Å²) in [7, 11) is 0. The summed E-state index contributed by atoms with van der Waals surface area (Å²) in [6, 6.07) is 3.70. The lowest BCUT2D eigenvalue weighted by Crippen LogP contribution is -2.29. The van der Waals surface area contributed by atoms with Crippen LogP contribution < -0.4 is 0 Å². The number of nitrogens with zero attached hydrogens (tertiary/aromatic N) is 2. The minimum atomic E-state index is -1.06. The molecule has 3 nitrogen and oxygen atoms in total. The van der Waals surface area contributed by atoms with Gasteiger partial charge in [-0.3, -0.25) is 4.79 Å². The number of rotatable bonds is 3. The zero-order valence-corrected chi connectivity index (χ0v) is 12.1. The Balaban J connectivity index is 1.68. The van der Waals surface area contributed by atoms with Gasteiger partial charge in [0, 0.05) is 31.1 Å². The van der Waals surface area contributed by atoms with Crippen molar-refractivity contribution in [2.24, 2.45) is 5.92 Å². The first-order valence-electron chi connectivity index (χ1n) is 6.77. The normalized spacial score (nSPS) is 18.2. The summed E-state index contributed by atoms with van der Waals surface area (Å²) in [5.41, 5.74) is -0.190. The maximum absolute atomic E-state index is 13.7. The van der Waals surface area contributed by atoms with Crippen LogP contribution in [0.15, 0.2) is 29.8 Å². The van der Waals surface area contributed by atoms with Crippen LogP contribution >= 0.6 is 11.3 Å². The van der Waals surface area contributed by atoms with Crippen LogP contribution in [0.5, 0.6) is 0 Å². The zero-order chi connectivity index (χ0) is 14.8. The van der Waals surface area contributed by atoms with Gasteiger partial charge in [0.25, 0.3) is 5.91 Å². The van der Waals surface area contributed by atoms with E-state index in [9.17, 15) is 13.6 Å². The summed E-state index contributed by atoms with van der Waals surface area (Å²) in [6.07, 6.45) is 3.45.